The van der Waals surface area contributed by atoms with Gasteiger partial charge >= 0.3 is 6.03 Å². The van der Waals surface area contributed by atoms with Gasteiger partial charge in [0.25, 0.3) is 5.91 Å². The van der Waals surface area contributed by atoms with Crippen molar-refractivity contribution < 1.29 is 9.59 Å². The maximum atomic E-state index is 12.2. The fourth-order valence-corrected chi connectivity index (χ4v) is 3.09. The summed E-state index contributed by atoms with van der Waals surface area (Å²) in [5, 5.41) is 2.79. The summed E-state index contributed by atoms with van der Waals surface area (Å²) in [5.41, 5.74) is 1.11. The standard InChI is InChI=1S/C16H18ClN3O2S/c1-19(2)15(21)11-5-4-6-12(9-11)18-16(22)20(3)10-13-7-8-14(17)23-13/h4-9H,10H2,1-3H3,(H,18,22). The average Bonchev–Trinajstić information content (AvgIpc) is 2.91. The Balaban J connectivity index is 2.02. The monoisotopic (exact) mass is 351 g/mol. The SMILES string of the molecule is CN(C)C(=O)c1cccc(NC(=O)N(C)Cc2ccc(Cl)s2)c1. The number of hydrogen-bond acceptors (Lipinski definition) is 3. The zero-order chi connectivity index (χ0) is 17.0. The number of amides is 3. The van der Waals surface area contributed by atoms with Crippen molar-refractivity contribution in [2.24, 2.45) is 0 Å². The third kappa shape index (κ3) is 4.71. The van der Waals surface area contributed by atoms with Gasteiger partial charge < -0.3 is 15.1 Å². The first-order chi connectivity index (χ1) is 10.9. The summed E-state index contributed by atoms with van der Waals surface area (Å²) in [7, 11) is 5.08. The summed E-state index contributed by atoms with van der Waals surface area (Å²) in [6.07, 6.45) is 0. The number of nitrogens with one attached hydrogen (secondary N) is 1. The normalized spacial score (nSPS) is 10.3. The zero-order valence-corrected chi connectivity index (χ0v) is 14.7. The lowest BCUT2D eigenvalue weighted by Crippen LogP contribution is -2.30. The molecule has 3 amide bonds. The summed E-state index contributed by atoms with van der Waals surface area (Å²) in [6.45, 7) is 0.472. The maximum absolute atomic E-state index is 12.2. The average molecular weight is 352 g/mol. The molecule has 0 unspecified atom stereocenters. The van der Waals surface area contributed by atoms with Crippen molar-refractivity contribution in [2.75, 3.05) is 26.5 Å². The molecule has 23 heavy (non-hydrogen) atoms. The van der Waals surface area contributed by atoms with Gasteiger partial charge in [0.1, 0.15) is 0 Å². The number of urea groups is 1. The van der Waals surface area contributed by atoms with E-state index in [1.54, 1.807) is 50.3 Å². The minimum Gasteiger partial charge on any atom is -0.345 e. The van der Waals surface area contributed by atoms with Gasteiger partial charge in [0.15, 0.2) is 0 Å². The van der Waals surface area contributed by atoms with E-state index in [0.717, 1.165) is 4.88 Å². The van der Waals surface area contributed by atoms with Crippen LogP contribution in [0, 0.1) is 0 Å². The molecule has 2 aromatic rings. The van der Waals surface area contributed by atoms with E-state index in [-0.39, 0.29) is 11.9 Å². The van der Waals surface area contributed by atoms with Crippen LogP contribution < -0.4 is 5.32 Å². The third-order valence-corrected chi connectivity index (χ3v) is 4.35. The fraction of sp³-hybridized carbons (Fsp3) is 0.250. The number of halogens is 1. The Hall–Kier alpha value is -2.05. The number of nitrogens with zero attached hydrogens (tertiary/aromatic N) is 2. The first-order valence-corrected chi connectivity index (χ1v) is 8.14. The van der Waals surface area contributed by atoms with E-state index in [0.29, 0.717) is 22.1 Å². The highest BCUT2D eigenvalue weighted by Gasteiger charge is 2.13. The molecule has 0 bridgehead atoms. The molecule has 0 spiro atoms. The molecule has 0 radical (unpaired) electrons. The molecule has 2 rings (SSSR count). The van der Waals surface area contributed by atoms with Gasteiger partial charge in [-0.1, -0.05) is 17.7 Å². The molecule has 7 heteroatoms. The van der Waals surface area contributed by atoms with Gasteiger partial charge in [-0.15, -0.1) is 11.3 Å². The second-order valence-electron chi connectivity index (χ2n) is 5.27. The number of carbonyl (C=O) groups is 2. The number of rotatable bonds is 4. The summed E-state index contributed by atoms with van der Waals surface area (Å²) in [6, 6.07) is 10.3. The van der Waals surface area contributed by atoms with Crippen LogP contribution in [-0.2, 0) is 6.54 Å². The molecule has 1 aromatic heterocycles. The van der Waals surface area contributed by atoms with E-state index >= 15 is 0 Å². The number of benzene rings is 1. The minimum absolute atomic E-state index is 0.109. The zero-order valence-electron chi connectivity index (χ0n) is 13.2. The molecule has 0 saturated carbocycles. The van der Waals surface area contributed by atoms with E-state index in [4.69, 9.17) is 11.6 Å². The molecule has 0 aliphatic heterocycles. The summed E-state index contributed by atoms with van der Waals surface area (Å²) < 4.78 is 0.698. The summed E-state index contributed by atoms with van der Waals surface area (Å²) in [5.74, 6) is -0.109. The third-order valence-electron chi connectivity index (χ3n) is 3.14. The fourth-order valence-electron chi connectivity index (χ4n) is 1.95. The van der Waals surface area contributed by atoms with E-state index in [1.807, 2.05) is 12.1 Å². The Bertz CT molecular complexity index is 715. The molecule has 0 aliphatic carbocycles. The number of hydrogen-bond donors (Lipinski definition) is 1. The van der Waals surface area contributed by atoms with Crippen molar-refractivity contribution in [1.29, 1.82) is 0 Å². The Morgan fingerprint density at radius 2 is 1.91 bits per heavy atom. The van der Waals surface area contributed by atoms with Crippen LogP contribution in [0.4, 0.5) is 10.5 Å². The van der Waals surface area contributed by atoms with Crippen molar-refractivity contribution in [1.82, 2.24) is 9.80 Å². The molecule has 0 fully saturated rings. The molecule has 0 aliphatic rings. The molecule has 1 N–H and O–H groups in total. The van der Waals surface area contributed by atoms with Crippen LogP contribution in [-0.4, -0.2) is 42.9 Å². The molecular weight excluding hydrogens is 334 g/mol. The number of thiophene rings is 1. The Labute approximate surface area is 144 Å². The van der Waals surface area contributed by atoms with Crippen molar-refractivity contribution in [3.8, 4) is 0 Å². The molecule has 1 heterocycles. The van der Waals surface area contributed by atoms with Crippen molar-refractivity contribution >= 4 is 40.6 Å². The van der Waals surface area contributed by atoms with E-state index in [1.165, 1.54) is 16.2 Å². The Morgan fingerprint density at radius 1 is 1.17 bits per heavy atom. The van der Waals surface area contributed by atoms with Crippen LogP contribution in [0.3, 0.4) is 0 Å². The lowest BCUT2D eigenvalue weighted by molar-refractivity contribution is 0.0827. The molecule has 0 saturated heterocycles. The highest BCUT2D eigenvalue weighted by Crippen LogP contribution is 2.22. The van der Waals surface area contributed by atoms with Gasteiger partial charge in [-0.05, 0) is 30.3 Å². The van der Waals surface area contributed by atoms with Gasteiger partial charge in [0.05, 0.1) is 10.9 Å². The largest absolute Gasteiger partial charge is 0.345 e. The van der Waals surface area contributed by atoms with E-state index < -0.39 is 0 Å². The van der Waals surface area contributed by atoms with Gasteiger partial charge in [-0.2, -0.15) is 0 Å². The molecule has 0 atom stereocenters. The lowest BCUT2D eigenvalue weighted by atomic mass is 10.2. The quantitative estimate of drug-likeness (QED) is 0.911. The van der Waals surface area contributed by atoms with Crippen molar-refractivity contribution in [2.45, 2.75) is 6.54 Å². The second-order valence-corrected chi connectivity index (χ2v) is 7.07. The first-order valence-electron chi connectivity index (χ1n) is 6.95. The molecule has 122 valence electrons. The van der Waals surface area contributed by atoms with Crippen molar-refractivity contribution in [3.63, 3.8) is 0 Å². The van der Waals surface area contributed by atoms with Gasteiger partial charge in [-0.25, -0.2) is 4.79 Å². The Morgan fingerprint density at radius 3 is 2.52 bits per heavy atom. The van der Waals surface area contributed by atoms with Gasteiger partial charge in [-0.3, -0.25) is 4.79 Å². The van der Waals surface area contributed by atoms with Crippen LogP contribution in [0.15, 0.2) is 36.4 Å². The number of anilines is 1. The van der Waals surface area contributed by atoms with Gasteiger partial charge in [0.2, 0.25) is 0 Å². The van der Waals surface area contributed by atoms with Crippen LogP contribution >= 0.6 is 22.9 Å². The number of carbonyl (C=O) groups excluding carboxylic acids is 2. The molecular formula is C16H18ClN3O2S. The van der Waals surface area contributed by atoms with E-state index in [2.05, 4.69) is 5.32 Å². The summed E-state index contributed by atoms with van der Waals surface area (Å²) in [4.78, 5) is 28.2. The predicted molar refractivity (Wildman–Crippen MR) is 94.3 cm³/mol. The second kappa shape index (κ2) is 7.48. The topological polar surface area (TPSA) is 52.7 Å². The highest BCUT2D eigenvalue weighted by molar-refractivity contribution is 7.16. The van der Waals surface area contributed by atoms with E-state index in [9.17, 15) is 9.59 Å². The molecule has 1 aromatic carbocycles. The van der Waals surface area contributed by atoms with Crippen LogP contribution in [0.2, 0.25) is 4.34 Å². The maximum Gasteiger partial charge on any atom is 0.321 e. The smallest absolute Gasteiger partial charge is 0.321 e. The first kappa shape index (κ1) is 17.3. The molecule has 5 nitrogen and oxygen atoms in total. The Kier molecular flexibility index (Phi) is 5.63. The van der Waals surface area contributed by atoms with Crippen LogP contribution in [0.25, 0.3) is 0 Å². The summed E-state index contributed by atoms with van der Waals surface area (Å²) >= 11 is 7.33. The van der Waals surface area contributed by atoms with Crippen LogP contribution in [0.1, 0.15) is 15.2 Å². The van der Waals surface area contributed by atoms with Crippen molar-refractivity contribution in [3.05, 3.63) is 51.2 Å². The highest BCUT2D eigenvalue weighted by atomic mass is 35.5. The lowest BCUT2D eigenvalue weighted by Gasteiger charge is -2.17. The van der Waals surface area contributed by atoms with Crippen LogP contribution in [0.5, 0.6) is 0 Å². The predicted octanol–water partition coefficient (Wildman–Crippen LogP) is 3.77. The van der Waals surface area contributed by atoms with Gasteiger partial charge in [0, 0.05) is 37.3 Å². The minimum atomic E-state index is -0.246.